The lowest BCUT2D eigenvalue weighted by atomic mass is 10.1. The molecule has 0 fully saturated rings. The molecule has 1 heterocycles. The van der Waals surface area contributed by atoms with Gasteiger partial charge in [-0.15, -0.1) is 0 Å². The third-order valence-electron chi connectivity index (χ3n) is 3.14. The first-order chi connectivity index (χ1) is 9.45. The fraction of sp³-hybridized carbons (Fsp3) is 0.267. The highest BCUT2D eigenvalue weighted by Crippen LogP contribution is 2.32. The molecule has 106 valence electrons. The summed E-state index contributed by atoms with van der Waals surface area (Å²) in [6.07, 6.45) is 2.36. The van der Waals surface area contributed by atoms with Gasteiger partial charge in [0.05, 0.1) is 0 Å². The molecule has 0 amide bonds. The first-order valence-electron chi connectivity index (χ1n) is 6.34. The molecular weight excluding hydrogens is 281 g/mol. The Morgan fingerprint density at radius 3 is 2.80 bits per heavy atom. The fourth-order valence-corrected chi connectivity index (χ4v) is 2.51. The molecule has 0 aliphatic heterocycles. The largest absolute Gasteiger partial charge is 0.478 e. The molecule has 0 saturated heterocycles. The Kier molecular flexibility index (Phi) is 4.14. The van der Waals surface area contributed by atoms with Crippen molar-refractivity contribution >= 4 is 34.5 Å². The zero-order valence-electron chi connectivity index (χ0n) is 11.3. The second kappa shape index (κ2) is 5.67. The molecule has 2 aromatic rings. The number of aromatic nitrogens is 1. The van der Waals surface area contributed by atoms with Crippen molar-refractivity contribution in [2.45, 2.75) is 26.8 Å². The van der Waals surface area contributed by atoms with Crippen LogP contribution in [0.5, 0.6) is 0 Å². The monoisotopic (exact) mass is 295 g/mol. The van der Waals surface area contributed by atoms with Gasteiger partial charge in [-0.3, -0.25) is 0 Å². The smallest absolute Gasteiger partial charge is 0.331 e. The Hall–Kier alpha value is -1.81. The van der Waals surface area contributed by atoms with E-state index >= 15 is 0 Å². The molecule has 20 heavy (non-hydrogen) atoms. The summed E-state index contributed by atoms with van der Waals surface area (Å²) < 4.78 is 15.3. The number of halogens is 2. The number of carboxylic acid groups (broad SMARTS) is 1. The molecule has 0 spiro atoms. The minimum absolute atomic E-state index is 0.159. The Morgan fingerprint density at radius 1 is 1.50 bits per heavy atom. The number of fused-ring (bicyclic) bond motifs is 1. The van der Waals surface area contributed by atoms with Crippen molar-refractivity contribution in [1.82, 2.24) is 4.57 Å². The topological polar surface area (TPSA) is 42.2 Å². The minimum atomic E-state index is -1.02. The van der Waals surface area contributed by atoms with E-state index in [-0.39, 0.29) is 11.4 Å². The average Bonchev–Trinajstić information content (AvgIpc) is 2.64. The highest BCUT2D eigenvalue weighted by atomic mass is 35.5. The van der Waals surface area contributed by atoms with Gasteiger partial charge in [0.2, 0.25) is 0 Å². The van der Waals surface area contributed by atoms with Crippen LogP contribution in [0.3, 0.4) is 0 Å². The first kappa shape index (κ1) is 14.6. The van der Waals surface area contributed by atoms with E-state index in [1.807, 2.05) is 11.5 Å². The van der Waals surface area contributed by atoms with Crippen LogP contribution in [0.1, 0.15) is 25.8 Å². The zero-order chi connectivity index (χ0) is 14.9. The Bertz CT molecular complexity index is 703. The molecule has 1 N–H and O–H groups in total. The lowest BCUT2D eigenvalue weighted by Gasteiger charge is -2.04. The fourth-order valence-electron chi connectivity index (χ4n) is 2.18. The maximum absolute atomic E-state index is 13.5. The predicted octanol–water partition coefficient (Wildman–Crippen LogP) is 4.33. The van der Waals surface area contributed by atoms with E-state index < -0.39 is 5.97 Å². The zero-order valence-corrected chi connectivity index (χ0v) is 12.0. The summed E-state index contributed by atoms with van der Waals surface area (Å²) in [5, 5.41) is 10.0. The van der Waals surface area contributed by atoms with Gasteiger partial charge in [0.1, 0.15) is 11.0 Å². The third kappa shape index (κ3) is 2.56. The second-order valence-corrected chi connectivity index (χ2v) is 5.01. The minimum Gasteiger partial charge on any atom is -0.478 e. The van der Waals surface area contributed by atoms with E-state index in [2.05, 4.69) is 0 Å². The summed E-state index contributed by atoms with van der Waals surface area (Å²) >= 11 is 6.34. The van der Waals surface area contributed by atoms with Crippen molar-refractivity contribution < 1.29 is 14.3 Å². The van der Waals surface area contributed by atoms with Crippen LogP contribution in [0, 0.1) is 5.82 Å². The van der Waals surface area contributed by atoms with Gasteiger partial charge in [0, 0.05) is 28.6 Å². The molecule has 0 atom stereocenters. The molecule has 5 heteroatoms. The molecule has 2 rings (SSSR count). The van der Waals surface area contributed by atoms with Gasteiger partial charge in [-0.1, -0.05) is 18.5 Å². The lowest BCUT2D eigenvalue weighted by Crippen LogP contribution is -1.97. The molecule has 0 aliphatic carbocycles. The molecular formula is C15H15ClFNO2. The number of aliphatic carboxylic acids is 1. The molecule has 0 unspecified atom stereocenters. The van der Waals surface area contributed by atoms with Gasteiger partial charge < -0.3 is 9.67 Å². The number of benzene rings is 1. The molecule has 0 radical (unpaired) electrons. The van der Waals surface area contributed by atoms with Crippen molar-refractivity contribution in [1.29, 1.82) is 0 Å². The SMILES string of the molecule is CCCn1c(Cl)c(/C=C(\C)C(=O)O)c2cc(F)ccc21. The molecule has 1 aromatic carbocycles. The highest BCUT2D eigenvalue weighted by molar-refractivity contribution is 6.33. The number of hydrogen-bond acceptors (Lipinski definition) is 1. The Balaban J connectivity index is 2.75. The third-order valence-corrected chi connectivity index (χ3v) is 3.55. The van der Waals surface area contributed by atoms with E-state index in [0.29, 0.717) is 22.6 Å². The van der Waals surface area contributed by atoms with Gasteiger partial charge >= 0.3 is 5.97 Å². The first-order valence-corrected chi connectivity index (χ1v) is 6.72. The van der Waals surface area contributed by atoms with Crippen LogP contribution >= 0.6 is 11.6 Å². The van der Waals surface area contributed by atoms with Crippen LogP contribution in [0.2, 0.25) is 5.15 Å². The number of carboxylic acids is 1. The lowest BCUT2D eigenvalue weighted by molar-refractivity contribution is -0.132. The Labute approximate surface area is 121 Å². The molecule has 0 aliphatic rings. The predicted molar refractivity (Wildman–Crippen MR) is 78.5 cm³/mol. The quantitative estimate of drug-likeness (QED) is 0.853. The van der Waals surface area contributed by atoms with Crippen LogP contribution < -0.4 is 0 Å². The van der Waals surface area contributed by atoms with Crippen molar-refractivity contribution in [3.05, 3.63) is 40.3 Å². The second-order valence-electron chi connectivity index (χ2n) is 4.65. The standard InChI is InChI=1S/C15H15ClFNO2/c1-3-6-18-13-5-4-10(17)8-11(13)12(14(18)16)7-9(2)15(19)20/h4-5,7-8H,3,6H2,1-2H3,(H,19,20)/b9-7+. The van der Waals surface area contributed by atoms with E-state index in [4.69, 9.17) is 16.7 Å². The van der Waals surface area contributed by atoms with Crippen LogP contribution in [0.15, 0.2) is 23.8 Å². The van der Waals surface area contributed by atoms with E-state index in [1.165, 1.54) is 25.1 Å². The van der Waals surface area contributed by atoms with E-state index in [0.717, 1.165) is 11.9 Å². The molecule has 3 nitrogen and oxygen atoms in total. The van der Waals surface area contributed by atoms with Gasteiger partial charge in [0.15, 0.2) is 0 Å². The van der Waals surface area contributed by atoms with Crippen LogP contribution in [-0.4, -0.2) is 15.6 Å². The summed E-state index contributed by atoms with van der Waals surface area (Å²) in [5.41, 5.74) is 1.52. The van der Waals surface area contributed by atoms with Crippen molar-refractivity contribution in [2.24, 2.45) is 0 Å². The summed E-state index contributed by atoms with van der Waals surface area (Å²) in [5.74, 6) is -1.39. The van der Waals surface area contributed by atoms with Crippen molar-refractivity contribution in [2.75, 3.05) is 0 Å². The summed E-state index contributed by atoms with van der Waals surface area (Å²) in [4.78, 5) is 11.0. The van der Waals surface area contributed by atoms with Gasteiger partial charge in [-0.2, -0.15) is 0 Å². The molecule has 0 bridgehead atoms. The molecule has 0 saturated carbocycles. The van der Waals surface area contributed by atoms with Gasteiger partial charge in [0.25, 0.3) is 0 Å². The number of aryl methyl sites for hydroxylation is 1. The normalized spacial score (nSPS) is 12.1. The van der Waals surface area contributed by atoms with Crippen LogP contribution in [0.25, 0.3) is 17.0 Å². The number of nitrogens with zero attached hydrogens (tertiary/aromatic N) is 1. The van der Waals surface area contributed by atoms with E-state index in [9.17, 15) is 9.18 Å². The van der Waals surface area contributed by atoms with Crippen molar-refractivity contribution in [3.63, 3.8) is 0 Å². The number of rotatable bonds is 4. The van der Waals surface area contributed by atoms with Crippen LogP contribution in [0.4, 0.5) is 4.39 Å². The highest BCUT2D eigenvalue weighted by Gasteiger charge is 2.15. The van der Waals surface area contributed by atoms with Gasteiger partial charge in [-0.25, -0.2) is 9.18 Å². The summed E-state index contributed by atoms with van der Waals surface area (Å²) in [6, 6.07) is 4.43. The number of hydrogen-bond donors (Lipinski definition) is 1. The summed E-state index contributed by atoms with van der Waals surface area (Å²) in [7, 11) is 0. The van der Waals surface area contributed by atoms with Gasteiger partial charge in [-0.05, 0) is 37.6 Å². The summed E-state index contributed by atoms with van der Waals surface area (Å²) in [6.45, 7) is 4.20. The van der Waals surface area contributed by atoms with Crippen LogP contribution in [-0.2, 0) is 11.3 Å². The average molecular weight is 296 g/mol. The Morgan fingerprint density at radius 2 is 2.20 bits per heavy atom. The van der Waals surface area contributed by atoms with Crippen molar-refractivity contribution in [3.8, 4) is 0 Å². The van der Waals surface area contributed by atoms with E-state index in [1.54, 1.807) is 6.07 Å². The molecule has 1 aromatic heterocycles. The maximum atomic E-state index is 13.5. The maximum Gasteiger partial charge on any atom is 0.331 e. The number of carbonyl (C=O) groups is 1.